The van der Waals surface area contributed by atoms with E-state index in [0.29, 0.717) is 17.9 Å². The minimum atomic E-state index is -0.170. The molecule has 2 N–H and O–H groups in total. The van der Waals surface area contributed by atoms with Gasteiger partial charge in [-0.05, 0) is 51.9 Å². The Labute approximate surface area is 216 Å². The standard InChI is InChI=1S/C27H33N9O/c1-18-10-19(6-7-20(18)13-28-26(37)21-14-31-36(15-21)27(2,3)4)23-12-24(30-17-29-23)32-25-11-22-16-34(5)8-9-35(22)33-25/h6-7,10-12,14-15,17H,8-9,13,16H2,1-5H3,(H,28,37)(H,29,30,32,33). The van der Waals surface area contributed by atoms with E-state index in [0.717, 1.165) is 47.8 Å². The van der Waals surface area contributed by atoms with Crippen LogP contribution in [-0.2, 0) is 25.2 Å². The van der Waals surface area contributed by atoms with Crippen molar-refractivity contribution in [2.75, 3.05) is 18.9 Å². The average molecular weight is 500 g/mol. The molecule has 10 heteroatoms. The minimum absolute atomic E-state index is 0.141. The first-order chi connectivity index (χ1) is 17.7. The van der Waals surface area contributed by atoms with Crippen LogP contribution in [0.5, 0.6) is 0 Å². The third kappa shape index (κ3) is 5.54. The monoisotopic (exact) mass is 499 g/mol. The number of anilines is 2. The van der Waals surface area contributed by atoms with E-state index >= 15 is 0 Å². The normalized spacial score (nSPS) is 13.9. The predicted octanol–water partition coefficient (Wildman–Crippen LogP) is 3.72. The Kier molecular flexibility index (Phi) is 6.51. The van der Waals surface area contributed by atoms with Crippen LogP contribution in [0, 0.1) is 6.92 Å². The molecule has 4 heterocycles. The highest BCUT2D eigenvalue weighted by atomic mass is 16.1. The molecule has 0 radical (unpaired) electrons. The number of carbonyl (C=O) groups excluding carboxylic acids is 1. The molecule has 3 aromatic heterocycles. The van der Waals surface area contributed by atoms with Gasteiger partial charge < -0.3 is 10.6 Å². The molecule has 0 atom stereocenters. The first kappa shape index (κ1) is 24.6. The van der Waals surface area contributed by atoms with E-state index in [1.807, 2.05) is 50.6 Å². The molecular formula is C27H33N9O. The maximum absolute atomic E-state index is 12.6. The van der Waals surface area contributed by atoms with Gasteiger partial charge in [-0.3, -0.25) is 19.1 Å². The van der Waals surface area contributed by atoms with Crippen molar-refractivity contribution >= 4 is 17.5 Å². The zero-order chi connectivity index (χ0) is 26.2. The second kappa shape index (κ2) is 9.78. The summed E-state index contributed by atoms with van der Waals surface area (Å²) in [5.41, 5.74) is 5.48. The Morgan fingerprint density at radius 2 is 1.92 bits per heavy atom. The Hall–Kier alpha value is -4.05. The quantitative estimate of drug-likeness (QED) is 0.416. The molecule has 0 aliphatic carbocycles. The Morgan fingerprint density at radius 3 is 2.68 bits per heavy atom. The van der Waals surface area contributed by atoms with Crippen LogP contribution in [0.25, 0.3) is 11.3 Å². The number of benzene rings is 1. The fraction of sp³-hybridized carbons (Fsp3) is 0.370. The van der Waals surface area contributed by atoms with Crippen LogP contribution >= 0.6 is 0 Å². The van der Waals surface area contributed by atoms with Crippen LogP contribution in [0.3, 0.4) is 0 Å². The highest BCUT2D eigenvalue weighted by Gasteiger charge is 2.18. The van der Waals surface area contributed by atoms with Gasteiger partial charge in [0.25, 0.3) is 5.91 Å². The predicted molar refractivity (Wildman–Crippen MR) is 142 cm³/mol. The molecule has 0 bridgehead atoms. The van der Waals surface area contributed by atoms with E-state index in [1.165, 1.54) is 5.69 Å². The van der Waals surface area contributed by atoms with Crippen LogP contribution in [0.2, 0.25) is 0 Å². The van der Waals surface area contributed by atoms with Crippen molar-refractivity contribution < 1.29 is 4.79 Å². The molecule has 0 saturated heterocycles. The lowest BCUT2D eigenvalue weighted by atomic mass is 10.0. The van der Waals surface area contributed by atoms with Gasteiger partial charge in [0.05, 0.1) is 35.2 Å². The number of aromatic nitrogens is 6. The number of hydrogen-bond donors (Lipinski definition) is 2. The van der Waals surface area contributed by atoms with Crippen LogP contribution in [0.4, 0.5) is 11.6 Å². The average Bonchev–Trinajstić information content (AvgIpc) is 3.50. The molecule has 0 fully saturated rings. The van der Waals surface area contributed by atoms with Crippen molar-refractivity contribution in [2.45, 2.75) is 52.9 Å². The summed E-state index contributed by atoms with van der Waals surface area (Å²) in [5.74, 6) is 1.34. The number of rotatable bonds is 6. The fourth-order valence-corrected chi connectivity index (χ4v) is 4.31. The number of nitrogens with zero attached hydrogens (tertiary/aromatic N) is 7. The molecule has 10 nitrogen and oxygen atoms in total. The van der Waals surface area contributed by atoms with Crippen LogP contribution in [0.15, 0.2) is 49.1 Å². The summed E-state index contributed by atoms with van der Waals surface area (Å²) in [6.07, 6.45) is 4.95. The summed E-state index contributed by atoms with van der Waals surface area (Å²) < 4.78 is 3.84. The highest BCUT2D eigenvalue weighted by Crippen LogP contribution is 2.24. The molecule has 1 amide bonds. The molecular weight excluding hydrogens is 466 g/mol. The molecule has 1 aliphatic heterocycles. The number of hydrogen-bond acceptors (Lipinski definition) is 7. The van der Waals surface area contributed by atoms with Gasteiger partial charge in [0.1, 0.15) is 12.1 Å². The van der Waals surface area contributed by atoms with Gasteiger partial charge in [0.2, 0.25) is 0 Å². The van der Waals surface area contributed by atoms with Crippen molar-refractivity contribution in [3.8, 4) is 11.3 Å². The van der Waals surface area contributed by atoms with Gasteiger partial charge in [-0.2, -0.15) is 10.2 Å². The summed E-state index contributed by atoms with van der Waals surface area (Å²) in [6.45, 7) is 11.4. The number of amides is 1. The van der Waals surface area contributed by atoms with Crippen molar-refractivity contribution in [1.29, 1.82) is 0 Å². The van der Waals surface area contributed by atoms with E-state index in [-0.39, 0.29) is 11.4 Å². The zero-order valence-electron chi connectivity index (χ0n) is 22.0. The molecule has 0 saturated carbocycles. The zero-order valence-corrected chi connectivity index (χ0v) is 22.0. The number of aryl methyl sites for hydroxylation is 1. The second-order valence-corrected chi connectivity index (χ2v) is 10.6. The van der Waals surface area contributed by atoms with Crippen LogP contribution in [0.1, 0.15) is 48.0 Å². The van der Waals surface area contributed by atoms with Gasteiger partial charge in [0.15, 0.2) is 5.82 Å². The van der Waals surface area contributed by atoms with E-state index < -0.39 is 0 Å². The van der Waals surface area contributed by atoms with E-state index in [1.54, 1.807) is 23.4 Å². The van der Waals surface area contributed by atoms with Gasteiger partial charge in [0, 0.05) is 43.5 Å². The summed E-state index contributed by atoms with van der Waals surface area (Å²) >= 11 is 0. The lowest BCUT2D eigenvalue weighted by Gasteiger charge is -2.22. The van der Waals surface area contributed by atoms with Crippen molar-refractivity contribution in [1.82, 2.24) is 39.7 Å². The number of nitrogens with one attached hydrogen (secondary N) is 2. The van der Waals surface area contributed by atoms with E-state index in [4.69, 9.17) is 0 Å². The summed E-state index contributed by atoms with van der Waals surface area (Å²) in [4.78, 5) is 23.8. The third-order valence-corrected chi connectivity index (χ3v) is 6.52. The maximum Gasteiger partial charge on any atom is 0.254 e. The molecule has 0 spiro atoms. The smallest absolute Gasteiger partial charge is 0.254 e. The number of fused-ring (bicyclic) bond motifs is 1. The van der Waals surface area contributed by atoms with Crippen LogP contribution < -0.4 is 10.6 Å². The molecule has 37 heavy (non-hydrogen) atoms. The lowest BCUT2D eigenvalue weighted by molar-refractivity contribution is 0.0950. The topological polar surface area (TPSA) is 106 Å². The van der Waals surface area contributed by atoms with E-state index in [9.17, 15) is 4.79 Å². The summed E-state index contributed by atoms with van der Waals surface area (Å²) in [5, 5.41) is 15.3. The van der Waals surface area contributed by atoms with Gasteiger partial charge in [-0.25, -0.2) is 9.97 Å². The molecule has 1 aromatic carbocycles. The number of carbonyl (C=O) groups is 1. The Morgan fingerprint density at radius 1 is 1.08 bits per heavy atom. The Balaban J connectivity index is 1.25. The molecule has 5 rings (SSSR count). The third-order valence-electron chi connectivity index (χ3n) is 6.52. The largest absolute Gasteiger partial charge is 0.348 e. The first-order valence-corrected chi connectivity index (χ1v) is 12.4. The molecule has 1 aliphatic rings. The van der Waals surface area contributed by atoms with Crippen molar-refractivity contribution in [3.05, 3.63) is 71.4 Å². The van der Waals surface area contributed by atoms with Crippen LogP contribution in [-0.4, -0.2) is 53.9 Å². The maximum atomic E-state index is 12.6. The fourth-order valence-electron chi connectivity index (χ4n) is 4.31. The van der Waals surface area contributed by atoms with E-state index in [2.05, 4.69) is 54.9 Å². The van der Waals surface area contributed by atoms with Gasteiger partial charge in [-0.15, -0.1) is 0 Å². The second-order valence-electron chi connectivity index (χ2n) is 10.6. The summed E-state index contributed by atoms with van der Waals surface area (Å²) in [6, 6.07) is 10.1. The van der Waals surface area contributed by atoms with Gasteiger partial charge >= 0.3 is 0 Å². The number of likely N-dealkylation sites (N-methyl/N-ethyl adjacent to an activating group) is 1. The summed E-state index contributed by atoms with van der Waals surface area (Å²) in [7, 11) is 2.12. The minimum Gasteiger partial charge on any atom is -0.348 e. The molecule has 4 aromatic rings. The first-order valence-electron chi connectivity index (χ1n) is 12.4. The Bertz CT molecular complexity index is 1430. The van der Waals surface area contributed by atoms with Gasteiger partial charge in [-0.1, -0.05) is 12.1 Å². The molecule has 0 unspecified atom stereocenters. The highest BCUT2D eigenvalue weighted by molar-refractivity contribution is 5.93. The van der Waals surface area contributed by atoms with Crippen molar-refractivity contribution in [3.63, 3.8) is 0 Å². The SMILES string of the molecule is Cc1cc(-c2cc(Nc3cc4n(n3)CCN(C)C4)ncn2)ccc1CNC(=O)c1cnn(C(C)(C)C)c1. The molecule has 192 valence electrons. The van der Waals surface area contributed by atoms with Crippen molar-refractivity contribution in [2.24, 2.45) is 0 Å². The lowest BCUT2D eigenvalue weighted by Crippen LogP contribution is -2.30.